The lowest BCUT2D eigenvalue weighted by Gasteiger charge is -2.23. The van der Waals surface area contributed by atoms with Crippen LogP contribution in [-0.2, 0) is 29.5 Å². The fourth-order valence-corrected chi connectivity index (χ4v) is 4.93. The highest BCUT2D eigenvalue weighted by molar-refractivity contribution is 7.88. The molecule has 0 saturated heterocycles. The summed E-state index contributed by atoms with van der Waals surface area (Å²) in [7, 11) is -0.0230. The quantitative estimate of drug-likeness (QED) is 0.655. The molecule has 1 N–H and O–H groups in total. The van der Waals surface area contributed by atoms with Crippen molar-refractivity contribution in [3.63, 3.8) is 0 Å². The normalized spacial score (nSPS) is 16.1. The Labute approximate surface area is 184 Å². The van der Waals surface area contributed by atoms with Gasteiger partial charge in [-0.05, 0) is 18.9 Å². The van der Waals surface area contributed by atoms with Gasteiger partial charge in [-0.25, -0.2) is 13.1 Å². The zero-order chi connectivity index (χ0) is 22.8. The SMILES string of the molecule is COc1ccc(CN2CCc3nnc([C@H](NS(C)(=O)=O)C(C)C)n3CC2)c(OC)c1C. The van der Waals surface area contributed by atoms with Crippen molar-refractivity contribution < 1.29 is 17.9 Å². The number of fused-ring (bicyclic) bond motifs is 1. The Morgan fingerprint density at radius 1 is 1.13 bits per heavy atom. The second-order valence-electron chi connectivity index (χ2n) is 8.35. The number of sulfonamides is 1. The number of rotatable bonds is 8. The molecule has 0 radical (unpaired) electrons. The van der Waals surface area contributed by atoms with Gasteiger partial charge in [0.15, 0.2) is 5.82 Å². The fourth-order valence-electron chi connectivity index (χ4n) is 4.10. The summed E-state index contributed by atoms with van der Waals surface area (Å²) in [6, 6.07) is 3.61. The molecule has 0 fully saturated rings. The van der Waals surface area contributed by atoms with Crippen molar-refractivity contribution in [3.8, 4) is 11.5 Å². The van der Waals surface area contributed by atoms with Crippen LogP contribution in [0.3, 0.4) is 0 Å². The number of nitrogens with one attached hydrogen (secondary N) is 1. The van der Waals surface area contributed by atoms with Crippen LogP contribution in [-0.4, -0.2) is 61.6 Å². The van der Waals surface area contributed by atoms with Gasteiger partial charge in [-0.15, -0.1) is 10.2 Å². The molecule has 172 valence electrons. The molecule has 0 bridgehead atoms. The minimum atomic E-state index is -3.36. The third kappa shape index (κ3) is 5.36. The summed E-state index contributed by atoms with van der Waals surface area (Å²) in [5.41, 5.74) is 2.10. The number of benzene rings is 1. The molecule has 0 amide bonds. The molecule has 0 aliphatic carbocycles. The van der Waals surface area contributed by atoms with E-state index in [2.05, 4.69) is 24.4 Å². The van der Waals surface area contributed by atoms with Gasteiger partial charge in [0.1, 0.15) is 17.3 Å². The zero-order valence-corrected chi connectivity index (χ0v) is 20.0. The van der Waals surface area contributed by atoms with Crippen molar-refractivity contribution in [2.45, 2.75) is 46.3 Å². The molecule has 1 aromatic carbocycles. The maximum Gasteiger partial charge on any atom is 0.209 e. The predicted molar refractivity (Wildman–Crippen MR) is 119 cm³/mol. The third-order valence-electron chi connectivity index (χ3n) is 5.69. The molecule has 3 rings (SSSR count). The van der Waals surface area contributed by atoms with Gasteiger partial charge in [-0.3, -0.25) is 4.90 Å². The highest BCUT2D eigenvalue weighted by atomic mass is 32.2. The van der Waals surface area contributed by atoms with Gasteiger partial charge >= 0.3 is 0 Å². The Morgan fingerprint density at radius 2 is 1.87 bits per heavy atom. The molecule has 1 atom stereocenters. The van der Waals surface area contributed by atoms with Crippen LogP contribution in [0.25, 0.3) is 0 Å². The number of methoxy groups -OCH3 is 2. The van der Waals surface area contributed by atoms with E-state index in [1.807, 2.05) is 32.9 Å². The molecule has 0 spiro atoms. The Kier molecular flexibility index (Phi) is 7.23. The van der Waals surface area contributed by atoms with E-state index in [0.717, 1.165) is 54.5 Å². The number of aromatic nitrogens is 3. The molecule has 31 heavy (non-hydrogen) atoms. The van der Waals surface area contributed by atoms with E-state index in [1.54, 1.807) is 14.2 Å². The first kappa shape index (κ1) is 23.5. The van der Waals surface area contributed by atoms with Crippen molar-refractivity contribution in [2.24, 2.45) is 5.92 Å². The monoisotopic (exact) mass is 451 g/mol. The van der Waals surface area contributed by atoms with Crippen molar-refractivity contribution in [1.82, 2.24) is 24.4 Å². The lowest BCUT2D eigenvalue weighted by atomic mass is 10.1. The minimum Gasteiger partial charge on any atom is -0.496 e. The van der Waals surface area contributed by atoms with Crippen LogP contribution in [0, 0.1) is 12.8 Å². The van der Waals surface area contributed by atoms with Crippen LogP contribution < -0.4 is 14.2 Å². The predicted octanol–water partition coefficient (Wildman–Crippen LogP) is 1.91. The van der Waals surface area contributed by atoms with E-state index in [-0.39, 0.29) is 5.92 Å². The second kappa shape index (κ2) is 9.54. The first-order chi connectivity index (χ1) is 14.6. The summed E-state index contributed by atoms with van der Waals surface area (Å²) in [4.78, 5) is 2.36. The van der Waals surface area contributed by atoms with Crippen molar-refractivity contribution >= 4 is 10.0 Å². The molecule has 2 aromatic rings. The number of hydrogen-bond donors (Lipinski definition) is 1. The zero-order valence-electron chi connectivity index (χ0n) is 19.2. The van der Waals surface area contributed by atoms with E-state index in [0.29, 0.717) is 12.4 Å². The maximum absolute atomic E-state index is 11.9. The first-order valence-corrected chi connectivity index (χ1v) is 12.4. The van der Waals surface area contributed by atoms with Crippen LogP contribution in [0.2, 0.25) is 0 Å². The lowest BCUT2D eigenvalue weighted by molar-refractivity contribution is 0.263. The number of nitrogens with zero attached hydrogens (tertiary/aromatic N) is 4. The molecular formula is C21H33N5O4S. The van der Waals surface area contributed by atoms with Gasteiger partial charge in [0, 0.05) is 43.7 Å². The van der Waals surface area contributed by atoms with Crippen LogP contribution >= 0.6 is 0 Å². The van der Waals surface area contributed by atoms with Gasteiger partial charge in [-0.1, -0.05) is 19.9 Å². The second-order valence-corrected chi connectivity index (χ2v) is 10.1. The Balaban J connectivity index is 1.79. The highest BCUT2D eigenvalue weighted by Gasteiger charge is 2.28. The maximum atomic E-state index is 11.9. The molecule has 1 aromatic heterocycles. The summed E-state index contributed by atoms with van der Waals surface area (Å²) in [6.07, 6.45) is 1.92. The van der Waals surface area contributed by atoms with Gasteiger partial charge < -0.3 is 14.0 Å². The summed E-state index contributed by atoms with van der Waals surface area (Å²) in [6.45, 7) is 9.03. The molecular weight excluding hydrogens is 418 g/mol. The average molecular weight is 452 g/mol. The summed E-state index contributed by atoms with van der Waals surface area (Å²) in [5, 5.41) is 8.72. The largest absolute Gasteiger partial charge is 0.496 e. The van der Waals surface area contributed by atoms with E-state index in [1.165, 1.54) is 6.26 Å². The summed E-state index contributed by atoms with van der Waals surface area (Å²) < 4.78 is 39.6. The highest BCUT2D eigenvalue weighted by Crippen LogP contribution is 2.32. The van der Waals surface area contributed by atoms with Crippen molar-refractivity contribution in [1.29, 1.82) is 0 Å². The Hall–Kier alpha value is -2.17. The topological polar surface area (TPSA) is 98.6 Å². The van der Waals surface area contributed by atoms with Crippen LogP contribution in [0.4, 0.5) is 0 Å². The average Bonchev–Trinajstić information content (AvgIpc) is 2.99. The smallest absolute Gasteiger partial charge is 0.209 e. The molecule has 1 aliphatic rings. The third-order valence-corrected chi connectivity index (χ3v) is 6.37. The molecule has 9 nitrogen and oxygen atoms in total. The molecule has 0 unspecified atom stereocenters. The van der Waals surface area contributed by atoms with Gasteiger partial charge in [0.25, 0.3) is 0 Å². The van der Waals surface area contributed by atoms with E-state index < -0.39 is 16.1 Å². The van der Waals surface area contributed by atoms with Crippen molar-refractivity contribution in [2.75, 3.05) is 33.6 Å². The van der Waals surface area contributed by atoms with E-state index in [4.69, 9.17) is 9.47 Å². The van der Waals surface area contributed by atoms with Crippen molar-refractivity contribution in [3.05, 3.63) is 34.9 Å². The standard InChI is InChI=1S/C21H33N5O4S/c1-14(2)19(24-31(6,27)28)21-23-22-18-9-10-25(11-12-26(18)21)13-16-7-8-17(29-4)15(3)20(16)30-5/h7-8,14,19,24H,9-13H2,1-6H3/t19-/m1/s1. The van der Waals surface area contributed by atoms with Gasteiger partial charge in [0.2, 0.25) is 10.0 Å². The molecule has 2 heterocycles. The first-order valence-electron chi connectivity index (χ1n) is 10.5. The number of hydrogen-bond acceptors (Lipinski definition) is 7. The summed E-state index contributed by atoms with van der Waals surface area (Å²) in [5.74, 6) is 3.27. The minimum absolute atomic E-state index is 0.0499. The fraction of sp³-hybridized carbons (Fsp3) is 0.619. The van der Waals surface area contributed by atoms with Crippen LogP contribution in [0.15, 0.2) is 12.1 Å². The van der Waals surface area contributed by atoms with Gasteiger partial charge in [-0.2, -0.15) is 0 Å². The molecule has 10 heteroatoms. The van der Waals surface area contributed by atoms with E-state index >= 15 is 0 Å². The molecule has 0 saturated carbocycles. The van der Waals surface area contributed by atoms with E-state index in [9.17, 15) is 8.42 Å². The Morgan fingerprint density at radius 3 is 2.48 bits per heavy atom. The number of ether oxygens (including phenoxy) is 2. The lowest BCUT2D eigenvalue weighted by Crippen LogP contribution is -2.33. The van der Waals surface area contributed by atoms with Crippen LogP contribution in [0.1, 0.15) is 42.7 Å². The van der Waals surface area contributed by atoms with Gasteiger partial charge in [0.05, 0.1) is 26.5 Å². The Bertz CT molecular complexity index is 1020. The van der Waals surface area contributed by atoms with Crippen LogP contribution in [0.5, 0.6) is 11.5 Å². The molecule has 1 aliphatic heterocycles. The summed E-state index contributed by atoms with van der Waals surface area (Å²) >= 11 is 0.